The number of benzene rings is 1. The van der Waals surface area contributed by atoms with Crippen LogP contribution in [0.2, 0.25) is 0 Å². The molecular weight excluding hydrogens is 358 g/mol. The molecule has 154 valence electrons. The van der Waals surface area contributed by atoms with Crippen molar-refractivity contribution in [2.45, 2.75) is 52.5 Å². The number of aliphatic hydroxyl groups is 1. The second-order valence-electron chi connectivity index (χ2n) is 7.21. The summed E-state index contributed by atoms with van der Waals surface area (Å²) in [6.45, 7) is 6.12. The topological polar surface area (TPSA) is 76.1 Å². The minimum Gasteiger partial charge on any atom is -0.503 e. The molecule has 1 amide bonds. The lowest BCUT2D eigenvalue weighted by Gasteiger charge is -2.30. The molecule has 6 heteroatoms. The molecule has 28 heavy (non-hydrogen) atoms. The second kappa shape index (κ2) is 9.62. The molecule has 2 atom stereocenters. The van der Waals surface area contributed by atoms with E-state index in [0.29, 0.717) is 29.5 Å². The Hall–Kier alpha value is -2.50. The maximum atomic E-state index is 12.8. The van der Waals surface area contributed by atoms with Gasteiger partial charge in [0.15, 0.2) is 23.0 Å². The summed E-state index contributed by atoms with van der Waals surface area (Å²) >= 11 is 0. The van der Waals surface area contributed by atoms with Crippen LogP contribution in [0.3, 0.4) is 0 Å². The van der Waals surface area contributed by atoms with Gasteiger partial charge in [-0.25, -0.2) is 0 Å². The summed E-state index contributed by atoms with van der Waals surface area (Å²) in [5.41, 5.74) is 0.855. The lowest BCUT2D eigenvalue weighted by molar-refractivity contribution is -0.130. The third kappa shape index (κ3) is 4.32. The molecular formula is C22H31NO5. The molecule has 0 aliphatic carbocycles. The number of unbranched alkanes of at least 4 members (excludes halogenated alkanes) is 1. The third-order valence-electron chi connectivity index (χ3n) is 5.40. The van der Waals surface area contributed by atoms with Crippen LogP contribution in [-0.2, 0) is 9.59 Å². The highest BCUT2D eigenvalue weighted by molar-refractivity contribution is 6.08. The summed E-state index contributed by atoms with van der Waals surface area (Å²) in [6, 6.07) is 4.69. The van der Waals surface area contributed by atoms with Gasteiger partial charge in [0, 0.05) is 6.54 Å². The van der Waals surface area contributed by atoms with E-state index in [1.54, 1.807) is 30.2 Å². The Bertz CT molecular complexity index is 755. The first-order chi connectivity index (χ1) is 13.4. The minimum atomic E-state index is -0.625. The summed E-state index contributed by atoms with van der Waals surface area (Å²) in [6.07, 6.45) is 4.11. The van der Waals surface area contributed by atoms with Gasteiger partial charge in [-0.1, -0.05) is 39.2 Å². The van der Waals surface area contributed by atoms with Gasteiger partial charge in [0.25, 0.3) is 5.91 Å². The van der Waals surface area contributed by atoms with Gasteiger partial charge in [-0.15, -0.1) is 0 Å². The maximum absolute atomic E-state index is 12.8. The molecule has 1 heterocycles. The number of Topliss-reactive ketones (excluding diaryl/α,β-unsaturated/α-hetero) is 1. The Morgan fingerprint density at radius 2 is 1.89 bits per heavy atom. The number of rotatable bonds is 10. The van der Waals surface area contributed by atoms with E-state index in [0.717, 1.165) is 25.7 Å². The zero-order chi connectivity index (χ0) is 20.8. The lowest BCUT2D eigenvalue weighted by atomic mass is 9.94. The van der Waals surface area contributed by atoms with E-state index in [2.05, 4.69) is 13.8 Å². The molecule has 2 rings (SSSR count). The molecule has 1 N–H and O–H groups in total. The van der Waals surface area contributed by atoms with Gasteiger partial charge in [0.2, 0.25) is 0 Å². The van der Waals surface area contributed by atoms with Crippen LogP contribution in [0.25, 0.3) is 0 Å². The normalized spacial score (nSPS) is 17.8. The van der Waals surface area contributed by atoms with E-state index in [4.69, 9.17) is 9.47 Å². The van der Waals surface area contributed by atoms with Gasteiger partial charge in [-0.05, 0) is 37.0 Å². The van der Waals surface area contributed by atoms with Crippen LogP contribution in [0.15, 0.2) is 29.5 Å². The van der Waals surface area contributed by atoms with E-state index in [-0.39, 0.29) is 11.4 Å². The van der Waals surface area contributed by atoms with Gasteiger partial charge in [-0.2, -0.15) is 0 Å². The largest absolute Gasteiger partial charge is 0.503 e. The van der Waals surface area contributed by atoms with Crippen molar-refractivity contribution in [3.8, 4) is 11.5 Å². The molecule has 1 aromatic carbocycles. The van der Waals surface area contributed by atoms with Gasteiger partial charge in [0.1, 0.15) is 0 Å². The van der Waals surface area contributed by atoms with Crippen LogP contribution < -0.4 is 9.47 Å². The minimum absolute atomic E-state index is 0.141. The highest BCUT2D eigenvalue weighted by Gasteiger charge is 2.43. The predicted octanol–water partition coefficient (Wildman–Crippen LogP) is 4.20. The first kappa shape index (κ1) is 21.8. The Balaban J connectivity index is 2.47. The number of ketones is 1. The van der Waals surface area contributed by atoms with E-state index >= 15 is 0 Å². The number of carbonyl (C=O) groups is 2. The first-order valence-corrected chi connectivity index (χ1v) is 9.86. The highest BCUT2D eigenvalue weighted by Crippen LogP contribution is 2.41. The molecule has 1 aliphatic heterocycles. The summed E-state index contributed by atoms with van der Waals surface area (Å²) in [4.78, 5) is 26.7. The fourth-order valence-corrected chi connectivity index (χ4v) is 3.77. The molecule has 6 nitrogen and oxygen atoms in total. The van der Waals surface area contributed by atoms with Crippen molar-refractivity contribution in [2.24, 2.45) is 5.92 Å². The Morgan fingerprint density at radius 1 is 1.21 bits per heavy atom. The molecule has 0 aromatic heterocycles. The summed E-state index contributed by atoms with van der Waals surface area (Å²) in [7, 11) is 3.09. The smallest absolute Gasteiger partial charge is 0.290 e. The summed E-state index contributed by atoms with van der Waals surface area (Å²) < 4.78 is 10.7. The molecule has 0 bridgehead atoms. The zero-order valence-electron chi connectivity index (χ0n) is 17.4. The van der Waals surface area contributed by atoms with Crippen molar-refractivity contribution in [3.05, 3.63) is 35.1 Å². The molecule has 0 fully saturated rings. The molecule has 0 saturated carbocycles. The number of hydrogen-bond acceptors (Lipinski definition) is 5. The Labute approximate surface area is 167 Å². The quantitative estimate of drug-likeness (QED) is 0.649. The van der Waals surface area contributed by atoms with Crippen LogP contribution in [0, 0.1) is 5.92 Å². The van der Waals surface area contributed by atoms with Crippen molar-refractivity contribution in [1.82, 2.24) is 4.90 Å². The fraction of sp³-hybridized carbons (Fsp3) is 0.545. The van der Waals surface area contributed by atoms with Crippen molar-refractivity contribution < 1.29 is 24.2 Å². The van der Waals surface area contributed by atoms with Crippen molar-refractivity contribution in [2.75, 3.05) is 20.8 Å². The molecule has 0 saturated heterocycles. The summed E-state index contributed by atoms with van der Waals surface area (Å²) in [5, 5.41) is 10.4. The number of hydrogen-bond donors (Lipinski definition) is 1. The number of ether oxygens (including phenoxy) is 2. The summed E-state index contributed by atoms with van der Waals surface area (Å²) in [5.74, 6) is 0.145. The molecule has 0 spiro atoms. The first-order valence-electron chi connectivity index (χ1n) is 9.86. The zero-order valence-corrected chi connectivity index (χ0v) is 17.4. The van der Waals surface area contributed by atoms with Crippen LogP contribution in [0.1, 0.15) is 58.1 Å². The number of methoxy groups -OCH3 is 2. The number of aliphatic hydroxyl groups excluding tert-OH is 1. The molecule has 1 aliphatic rings. The van der Waals surface area contributed by atoms with Crippen LogP contribution in [-0.4, -0.2) is 42.5 Å². The second-order valence-corrected chi connectivity index (χ2v) is 7.21. The average Bonchev–Trinajstić information content (AvgIpc) is 2.95. The Morgan fingerprint density at radius 3 is 2.43 bits per heavy atom. The maximum Gasteiger partial charge on any atom is 0.290 e. The Kier molecular flexibility index (Phi) is 7.49. The highest BCUT2D eigenvalue weighted by atomic mass is 16.5. The van der Waals surface area contributed by atoms with Crippen molar-refractivity contribution in [1.29, 1.82) is 0 Å². The van der Waals surface area contributed by atoms with E-state index in [1.807, 2.05) is 0 Å². The van der Waals surface area contributed by atoms with E-state index < -0.39 is 17.7 Å². The SMILES string of the molecule is CCCCC(CC)CN1C(=O)C(O)=C(C(C)=O)C1c1ccc(OC)c(OC)c1. The molecule has 0 radical (unpaired) electrons. The standard InChI is InChI=1S/C22H31NO5/c1-6-8-9-15(7-2)13-23-20(19(14(3)24)21(25)22(23)26)16-10-11-17(27-4)18(12-16)28-5/h10-12,15,20,25H,6-9,13H2,1-5H3. The molecule has 1 aromatic rings. The van der Waals surface area contributed by atoms with Crippen molar-refractivity contribution in [3.63, 3.8) is 0 Å². The fourth-order valence-electron chi connectivity index (χ4n) is 3.77. The van der Waals surface area contributed by atoms with Gasteiger partial charge >= 0.3 is 0 Å². The molecule has 2 unspecified atom stereocenters. The van der Waals surface area contributed by atoms with Crippen LogP contribution in [0.5, 0.6) is 11.5 Å². The van der Waals surface area contributed by atoms with E-state index in [1.165, 1.54) is 14.0 Å². The number of carbonyl (C=O) groups excluding carboxylic acids is 2. The third-order valence-corrected chi connectivity index (χ3v) is 5.40. The monoisotopic (exact) mass is 389 g/mol. The number of amides is 1. The predicted molar refractivity (Wildman–Crippen MR) is 108 cm³/mol. The van der Waals surface area contributed by atoms with Gasteiger partial charge < -0.3 is 19.5 Å². The van der Waals surface area contributed by atoms with Crippen molar-refractivity contribution >= 4 is 11.7 Å². The van der Waals surface area contributed by atoms with Gasteiger partial charge in [-0.3, -0.25) is 9.59 Å². The number of nitrogens with zero attached hydrogens (tertiary/aromatic N) is 1. The van der Waals surface area contributed by atoms with Crippen LogP contribution >= 0.6 is 0 Å². The average molecular weight is 389 g/mol. The van der Waals surface area contributed by atoms with Gasteiger partial charge in [0.05, 0.1) is 25.8 Å². The van der Waals surface area contributed by atoms with E-state index in [9.17, 15) is 14.7 Å². The van der Waals surface area contributed by atoms with Crippen LogP contribution in [0.4, 0.5) is 0 Å². The lowest BCUT2D eigenvalue weighted by Crippen LogP contribution is -2.35.